The number of para-hydroxylation sites is 1. The van der Waals surface area contributed by atoms with E-state index in [1.54, 1.807) is 0 Å². The van der Waals surface area contributed by atoms with Gasteiger partial charge in [0.05, 0.1) is 23.1 Å². The molecule has 0 saturated heterocycles. The summed E-state index contributed by atoms with van der Waals surface area (Å²) < 4.78 is 13.6. The van der Waals surface area contributed by atoms with Gasteiger partial charge in [-0.15, -0.1) is 0 Å². The quantitative estimate of drug-likeness (QED) is 0.910. The molecule has 7 heteroatoms. The first kappa shape index (κ1) is 14.2. The topological polar surface area (TPSA) is 66.9 Å². The molecule has 1 heterocycles. The van der Waals surface area contributed by atoms with E-state index in [0.29, 0.717) is 12.4 Å². The van der Waals surface area contributed by atoms with Crippen LogP contribution < -0.4 is 10.6 Å². The Kier molecular flexibility index (Phi) is 4.47. The number of benzene rings is 1. The maximum Gasteiger partial charge on any atom is 0.276 e. The van der Waals surface area contributed by atoms with Gasteiger partial charge in [-0.2, -0.15) is 0 Å². The van der Waals surface area contributed by atoms with E-state index in [-0.39, 0.29) is 16.4 Å². The Morgan fingerprint density at radius 2 is 2.20 bits per heavy atom. The van der Waals surface area contributed by atoms with Gasteiger partial charge in [0.2, 0.25) is 0 Å². The fraction of sp³-hybridized carbons (Fsp3) is 0.154. The summed E-state index contributed by atoms with van der Waals surface area (Å²) in [5.41, 5.74) is -0.00223. The third-order valence-electron chi connectivity index (χ3n) is 2.43. The summed E-state index contributed by atoms with van der Waals surface area (Å²) in [7, 11) is 0. The van der Waals surface area contributed by atoms with Crippen molar-refractivity contribution in [2.75, 3.05) is 17.2 Å². The molecular formula is C13H12ClFN4O. The summed E-state index contributed by atoms with van der Waals surface area (Å²) in [6.45, 7) is 2.55. The van der Waals surface area contributed by atoms with E-state index in [9.17, 15) is 9.18 Å². The summed E-state index contributed by atoms with van der Waals surface area (Å²) >= 11 is 5.84. The van der Waals surface area contributed by atoms with Gasteiger partial charge in [0, 0.05) is 6.54 Å². The van der Waals surface area contributed by atoms with Crippen molar-refractivity contribution >= 4 is 29.0 Å². The van der Waals surface area contributed by atoms with Gasteiger partial charge in [0.25, 0.3) is 5.91 Å². The van der Waals surface area contributed by atoms with Gasteiger partial charge in [-0.05, 0) is 19.1 Å². The molecule has 0 aliphatic heterocycles. The number of amides is 1. The lowest BCUT2D eigenvalue weighted by Crippen LogP contribution is -2.16. The van der Waals surface area contributed by atoms with E-state index in [1.807, 2.05) is 6.92 Å². The highest BCUT2D eigenvalue weighted by Gasteiger charge is 2.14. The van der Waals surface area contributed by atoms with Crippen molar-refractivity contribution < 1.29 is 9.18 Å². The molecule has 1 aromatic carbocycles. The maximum absolute atomic E-state index is 13.6. The van der Waals surface area contributed by atoms with Gasteiger partial charge in [0.15, 0.2) is 0 Å². The van der Waals surface area contributed by atoms with Gasteiger partial charge < -0.3 is 10.6 Å². The molecule has 2 N–H and O–H groups in total. The van der Waals surface area contributed by atoms with Crippen molar-refractivity contribution in [3.8, 4) is 0 Å². The molecule has 0 bridgehead atoms. The molecule has 0 fully saturated rings. The number of aromatic nitrogens is 2. The third kappa shape index (κ3) is 3.21. The van der Waals surface area contributed by atoms with E-state index in [2.05, 4.69) is 20.6 Å². The van der Waals surface area contributed by atoms with Gasteiger partial charge >= 0.3 is 0 Å². The molecule has 20 heavy (non-hydrogen) atoms. The molecule has 2 aromatic rings. The first-order chi connectivity index (χ1) is 9.61. The Morgan fingerprint density at radius 1 is 1.40 bits per heavy atom. The van der Waals surface area contributed by atoms with Crippen LogP contribution in [0.15, 0.2) is 30.6 Å². The highest BCUT2D eigenvalue weighted by Crippen LogP contribution is 2.24. The summed E-state index contributed by atoms with van der Waals surface area (Å²) in [5.74, 6) is -0.717. The lowest BCUT2D eigenvalue weighted by Gasteiger charge is -2.08. The van der Waals surface area contributed by atoms with E-state index in [4.69, 9.17) is 11.6 Å². The van der Waals surface area contributed by atoms with Crippen LogP contribution in [0.25, 0.3) is 0 Å². The molecule has 0 radical (unpaired) electrons. The zero-order chi connectivity index (χ0) is 14.5. The van der Waals surface area contributed by atoms with Crippen LogP contribution in [0.3, 0.4) is 0 Å². The highest BCUT2D eigenvalue weighted by atomic mass is 35.5. The molecule has 0 spiro atoms. The second kappa shape index (κ2) is 6.29. The number of nitrogens with one attached hydrogen (secondary N) is 2. The molecular weight excluding hydrogens is 283 g/mol. The number of hydrogen-bond acceptors (Lipinski definition) is 4. The van der Waals surface area contributed by atoms with Gasteiger partial charge in [-0.1, -0.05) is 17.7 Å². The van der Waals surface area contributed by atoms with Crippen LogP contribution >= 0.6 is 11.6 Å². The minimum absolute atomic E-state index is 0.0720. The third-order valence-corrected chi connectivity index (χ3v) is 2.74. The Labute approximate surface area is 120 Å². The second-order valence-electron chi connectivity index (χ2n) is 3.87. The molecule has 0 aliphatic rings. The molecule has 0 saturated carbocycles. The minimum Gasteiger partial charge on any atom is -0.369 e. The van der Waals surface area contributed by atoms with Crippen molar-refractivity contribution in [2.45, 2.75) is 6.92 Å². The summed E-state index contributed by atoms with van der Waals surface area (Å²) in [4.78, 5) is 20.0. The first-order valence-electron chi connectivity index (χ1n) is 5.93. The molecule has 2 rings (SSSR count). The summed E-state index contributed by atoms with van der Waals surface area (Å²) in [5, 5.41) is 5.44. The SMILES string of the molecule is CCNc1cncc(C(=O)Nc2c(F)cccc2Cl)n1. The predicted molar refractivity (Wildman–Crippen MR) is 75.6 cm³/mol. The first-order valence-corrected chi connectivity index (χ1v) is 6.31. The monoisotopic (exact) mass is 294 g/mol. The van der Waals surface area contributed by atoms with Crippen LogP contribution in [0, 0.1) is 5.82 Å². The summed E-state index contributed by atoms with van der Waals surface area (Å²) in [6.07, 6.45) is 2.79. The zero-order valence-corrected chi connectivity index (χ0v) is 11.4. The molecule has 0 aliphatic carbocycles. The average molecular weight is 295 g/mol. The molecule has 0 unspecified atom stereocenters. The van der Waals surface area contributed by atoms with Crippen LogP contribution in [-0.4, -0.2) is 22.4 Å². The highest BCUT2D eigenvalue weighted by molar-refractivity contribution is 6.33. The Balaban J connectivity index is 2.22. The molecule has 5 nitrogen and oxygen atoms in total. The van der Waals surface area contributed by atoms with Crippen molar-refractivity contribution in [1.82, 2.24) is 9.97 Å². The standard InChI is InChI=1S/C13H12ClFN4O/c1-2-17-11-7-16-6-10(18-11)13(20)19-12-8(14)4-3-5-9(12)15/h3-7H,2H2,1H3,(H,17,18)(H,19,20). The van der Waals surface area contributed by atoms with Crippen molar-refractivity contribution in [3.05, 3.63) is 47.1 Å². The van der Waals surface area contributed by atoms with E-state index >= 15 is 0 Å². The Bertz CT molecular complexity index is 615. The Morgan fingerprint density at radius 3 is 2.90 bits per heavy atom. The number of rotatable bonds is 4. The van der Waals surface area contributed by atoms with Crippen LogP contribution in [0.1, 0.15) is 17.4 Å². The fourth-order valence-electron chi connectivity index (χ4n) is 1.54. The van der Waals surface area contributed by atoms with E-state index < -0.39 is 11.7 Å². The Hall–Kier alpha value is -2.21. The largest absolute Gasteiger partial charge is 0.369 e. The number of carbonyl (C=O) groups excluding carboxylic acids is 1. The minimum atomic E-state index is -0.610. The van der Waals surface area contributed by atoms with E-state index in [1.165, 1.54) is 30.6 Å². The van der Waals surface area contributed by atoms with Crippen molar-refractivity contribution in [2.24, 2.45) is 0 Å². The number of hydrogen-bond donors (Lipinski definition) is 2. The lowest BCUT2D eigenvalue weighted by molar-refractivity contribution is 0.102. The number of halogens is 2. The molecule has 1 aromatic heterocycles. The number of carbonyl (C=O) groups is 1. The molecule has 1 amide bonds. The summed E-state index contributed by atoms with van der Waals surface area (Å²) in [6, 6.07) is 4.15. The maximum atomic E-state index is 13.6. The lowest BCUT2D eigenvalue weighted by atomic mass is 10.3. The number of anilines is 2. The zero-order valence-electron chi connectivity index (χ0n) is 10.7. The van der Waals surface area contributed by atoms with Crippen molar-refractivity contribution in [1.29, 1.82) is 0 Å². The fourth-order valence-corrected chi connectivity index (χ4v) is 1.75. The van der Waals surface area contributed by atoms with Gasteiger partial charge in [-0.3, -0.25) is 9.78 Å². The van der Waals surface area contributed by atoms with E-state index in [0.717, 1.165) is 0 Å². The molecule has 0 atom stereocenters. The normalized spacial score (nSPS) is 10.2. The number of nitrogens with zero attached hydrogens (tertiary/aromatic N) is 2. The van der Waals surface area contributed by atoms with Crippen LogP contribution in [0.2, 0.25) is 5.02 Å². The average Bonchev–Trinajstić information content (AvgIpc) is 2.43. The molecule has 104 valence electrons. The second-order valence-corrected chi connectivity index (χ2v) is 4.28. The van der Waals surface area contributed by atoms with Crippen LogP contribution in [0.4, 0.5) is 15.9 Å². The van der Waals surface area contributed by atoms with Crippen LogP contribution in [0.5, 0.6) is 0 Å². The van der Waals surface area contributed by atoms with Gasteiger partial charge in [0.1, 0.15) is 17.3 Å². The van der Waals surface area contributed by atoms with Crippen LogP contribution in [-0.2, 0) is 0 Å². The van der Waals surface area contributed by atoms with Gasteiger partial charge in [-0.25, -0.2) is 9.37 Å². The predicted octanol–water partition coefficient (Wildman–Crippen LogP) is 2.95. The van der Waals surface area contributed by atoms with Crippen molar-refractivity contribution in [3.63, 3.8) is 0 Å². The smallest absolute Gasteiger partial charge is 0.276 e.